The molecule has 1 aromatic heterocycles. The monoisotopic (exact) mass is 393 g/mol. The van der Waals surface area contributed by atoms with Crippen molar-refractivity contribution in [2.75, 3.05) is 44.2 Å². The van der Waals surface area contributed by atoms with E-state index >= 15 is 0 Å². The van der Waals surface area contributed by atoms with E-state index in [9.17, 15) is 4.79 Å². The zero-order valence-electron chi connectivity index (χ0n) is 14.4. The lowest BCUT2D eigenvalue weighted by atomic mass is 10.1. The van der Waals surface area contributed by atoms with Gasteiger partial charge in [0.1, 0.15) is 0 Å². The van der Waals surface area contributed by atoms with Crippen LogP contribution in [0.4, 0.5) is 5.95 Å². The summed E-state index contributed by atoms with van der Waals surface area (Å²) in [6, 6.07) is 7.27. The fraction of sp³-hybridized carbons (Fsp3) is 0.389. The van der Waals surface area contributed by atoms with Gasteiger partial charge in [0, 0.05) is 48.6 Å². The molecule has 8 heteroatoms. The quantitative estimate of drug-likeness (QED) is 0.762. The van der Waals surface area contributed by atoms with Crippen LogP contribution < -0.4 is 10.2 Å². The number of hydrogen-bond donors (Lipinski definition) is 1. The van der Waals surface area contributed by atoms with Gasteiger partial charge in [0.05, 0.1) is 6.54 Å². The Hall–Kier alpha value is -1.89. The molecule has 0 saturated carbocycles. The zero-order chi connectivity index (χ0) is 18.4. The summed E-state index contributed by atoms with van der Waals surface area (Å²) in [6.45, 7) is 3.87. The molecule has 0 atom stereocenters. The Kier molecular flexibility index (Phi) is 6.66. The van der Waals surface area contributed by atoms with Crippen LogP contribution in [0.3, 0.4) is 0 Å². The summed E-state index contributed by atoms with van der Waals surface area (Å²) >= 11 is 12.0. The first-order valence-corrected chi connectivity index (χ1v) is 9.33. The molecule has 0 radical (unpaired) electrons. The first kappa shape index (κ1) is 18.9. The molecule has 0 bridgehead atoms. The third kappa shape index (κ3) is 5.06. The third-order valence-corrected chi connectivity index (χ3v) is 4.92. The van der Waals surface area contributed by atoms with Gasteiger partial charge in [-0.3, -0.25) is 4.79 Å². The molecule has 0 aliphatic carbocycles. The predicted octanol–water partition coefficient (Wildman–Crippen LogP) is 2.26. The lowest BCUT2D eigenvalue weighted by molar-refractivity contribution is -0.130. The van der Waals surface area contributed by atoms with Gasteiger partial charge in [-0.25, -0.2) is 9.97 Å². The lowest BCUT2D eigenvalue weighted by Crippen LogP contribution is -2.51. The largest absolute Gasteiger partial charge is 0.338 e. The Morgan fingerprint density at radius 2 is 1.85 bits per heavy atom. The normalized spacial score (nSPS) is 14.5. The number of benzene rings is 1. The second-order valence-corrected chi connectivity index (χ2v) is 6.92. The van der Waals surface area contributed by atoms with E-state index in [1.54, 1.807) is 24.5 Å². The highest BCUT2D eigenvalue weighted by molar-refractivity contribution is 6.35. The number of rotatable bonds is 6. The smallest absolute Gasteiger partial charge is 0.236 e. The van der Waals surface area contributed by atoms with Crippen LogP contribution in [-0.2, 0) is 11.2 Å². The number of carbonyl (C=O) groups is 1. The van der Waals surface area contributed by atoms with Crippen molar-refractivity contribution in [3.05, 3.63) is 52.3 Å². The van der Waals surface area contributed by atoms with Crippen molar-refractivity contribution >= 4 is 35.1 Å². The van der Waals surface area contributed by atoms with Gasteiger partial charge < -0.3 is 15.1 Å². The van der Waals surface area contributed by atoms with Gasteiger partial charge in [-0.2, -0.15) is 0 Å². The second kappa shape index (κ2) is 9.16. The number of nitrogens with zero attached hydrogens (tertiary/aromatic N) is 4. The maximum atomic E-state index is 12.3. The van der Waals surface area contributed by atoms with Crippen LogP contribution in [0.2, 0.25) is 10.0 Å². The summed E-state index contributed by atoms with van der Waals surface area (Å²) < 4.78 is 0. The van der Waals surface area contributed by atoms with E-state index in [1.165, 1.54) is 0 Å². The topological polar surface area (TPSA) is 61.4 Å². The van der Waals surface area contributed by atoms with Gasteiger partial charge in [0.25, 0.3) is 0 Å². The standard InChI is InChI=1S/C18H21Cl2N5O/c19-15-3-2-14(16(20)12-15)4-7-21-13-17(26)24-8-10-25(11-9-24)18-22-5-1-6-23-18/h1-3,5-6,12,21H,4,7-11,13H2. The summed E-state index contributed by atoms with van der Waals surface area (Å²) in [4.78, 5) is 24.8. The minimum Gasteiger partial charge on any atom is -0.338 e. The second-order valence-electron chi connectivity index (χ2n) is 6.08. The average molecular weight is 394 g/mol. The molecule has 1 N–H and O–H groups in total. The molecule has 1 saturated heterocycles. The van der Waals surface area contributed by atoms with Crippen molar-refractivity contribution < 1.29 is 4.79 Å². The fourth-order valence-electron chi connectivity index (χ4n) is 2.86. The molecule has 6 nitrogen and oxygen atoms in total. The number of aromatic nitrogens is 2. The number of piperazine rings is 1. The molecule has 0 spiro atoms. The van der Waals surface area contributed by atoms with Gasteiger partial charge in [-0.05, 0) is 36.7 Å². The minimum atomic E-state index is 0.112. The third-order valence-electron chi connectivity index (χ3n) is 4.33. The number of hydrogen-bond acceptors (Lipinski definition) is 5. The van der Waals surface area contributed by atoms with Crippen molar-refractivity contribution in [1.82, 2.24) is 20.2 Å². The molecule has 1 aliphatic heterocycles. The van der Waals surface area contributed by atoms with Gasteiger partial charge in [-0.1, -0.05) is 29.3 Å². The molecule has 2 heterocycles. The summed E-state index contributed by atoms with van der Waals surface area (Å²) in [7, 11) is 0. The average Bonchev–Trinajstić information content (AvgIpc) is 2.67. The maximum absolute atomic E-state index is 12.3. The van der Waals surface area contributed by atoms with E-state index in [1.807, 2.05) is 17.0 Å². The van der Waals surface area contributed by atoms with Crippen LogP contribution in [-0.4, -0.2) is 60.0 Å². The summed E-state index contributed by atoms with van der Waals surface area (Å²) in [5.74, 6) is 0.832. The van der Waals surface area contributed by atoms with Crippen LogP contribution in [0.25, 0.3) is 0 Å². The van der Waals surface area contributed by atoms with Gasteiger partial charge >= 0.3 is 0 Å². The van der Waals surface area contributed by atoms with E-state index in [2.05, 4.69) is 20.2 Å². The van der Waals surface area contributed by atoms with Gasteiger partial charge in [-0.15, -0.1) is 0 Å². The van der Waals surface area contributed by atoms with Gasteiger partial charge in [0.2, 0.25) is 11.9 Å². The van der Waals surface area contributed by atoms with Crippen LogP contribution in [0.15, 0.2) is 36.7 Å². The number of amides is 1. The number of nitrogens with one attached hydrogen (secondary N) is 1. The van der Waals surface area contributed by atoms with Crippen molar-refractivity contribution in [2.45, 2.75) is 6.42 Å². The molecule has 0 unspecified atom stereocenters. The molecular formula is C18H21Cl2N5O. The number of halogens is 2. The predicted molar refractivity (Wildman–Crippen MR) is 104 cm³/mol. The Morgan fingerprint density at radius 1 is 1.12 bits per heavy atom. The summed E-state index contributed by atoms with van der Waals surface area (Å²) in [6.07, 6.45) is 4.22. The first-order chi connectivity index (χ1) is 12.6. The molecule has 26 heavy (non-hydrogen) atoms. The lowest BCUT2D eigenvalue weighted by Gasteiger charge is -2.34. The summed E-state index contributed by atoms with van der Waals surface area (Å²) in [5.41, 5.74) is 1.02. The van der Waals surface area contributed by atoms with E-state index in [0.717, 1.165) is 31.0 Å². The van der Waals surface area contributed by atoms with Crippen LogP contribution in [0, 0.1) is 0 Å². The molecule has 1 fully saturated rings. The number of anilines is 1. The van der Waals surface area contributed by atoms with Crippen molar-refractivity contribution in [1.29, 1.82) is 0 Å². The molecule has 1 aliphatic rings. The Balaban J connectivity index is 1.38. The Morgan fingerprint density at radius 3 is 2.54 bits per heavy atom. The highest BCUT2D eigenvalue weighted by Gasteiger charge is 2.21. The van der Waals surface area contributed by atoms with E-state index < -0.39 is 0 Å². The fourth-order valence-corrected chi connectivity index (χ4v) is 3.37. The molecule has 138 valence electrons. The van der Waals surface area contributed by atoms with Crippen molar-refractivity contribution in [2.24, 2.45) is 0 Å². The highest BCUT2D eigenvalue weighted by Crippen LogP contribution is 2.21. The van der Waals surface area contributed by atoms with Crippen LogP contribution in [0.1, 0.15) is 5.56 Å². The molecule has 1 amide bonds. The van der Waals surface area contributed by atoms with E-state index in [0.29, 0.717) is 36.2 Å². The Labute approximate surface area is 163 Å². The maximum Gasteiger partial charge on any atom is 0.236 e. The molecular weight excluding hydrogens is 373 g/mol. The summed E-state index contributed by atoms with van der Waals surface area (Å²) in [5, 5.41) is 4.48. The molecule has 1 aromatic carbocycles. The van der Waals surface area contributed by atoms with E-state index in [4.69, 9.17) is 23.2 Å². The molecule has 3 rings (SSSR count). The SMILES string of the molecule is O=C(CNCCc1ccc(Cl)cc1Cl)N1CCN(c2ncccn2)CC1. The Bertz CT molecular complexity index is 736. The van der Waals surface area contributed by atoms with Crippen molar-refractivity contribution in [3.63, 3.8) is 0 Å². The molecule has 2 aromatic rings. The van der Waals surface area contributed by atoms with Crippen LogP contribution in [0.5, 0.6) is 0 Å². The first-order valence-electron chi connectivity index (χ1n) is 8.58. The highest BCUT2D eigenvalue weighted by atomic mass is 35.5. The van der Waals surface area contributed by atoms with Crippen molar-refractivity contribution in [3.8, 4) is 0 Å². The minimum absolute atomic E-state index is 0.112. The number of carbonyl (C=O) groups excluding carboxylic acids is 1. The van der Waals surface area contributed by atoms with Crippen LogP contribution >= 0.6 is 23.2 Å². The van der Waals surface area contributed by atoms with Gasteiger partial charge in [0.15, 0.2) is 0 Å². The van der Waals surface area contributed by atoms with E-state index in [-0.39, 0.29) is 5.91 Å². The zero-order valence-corrected chi connectivity index (χ0v) is 15.9.